The first-order valence-electron chi connectivity index (χ1n) is 5.66. The highest BCUT2D eigenvalue weighted by atomic mass is 32.2. The Labute approximate surface area is 108 Å². The molecule has 0 fully saturated rings. The van der Waals surface area contributed by atoms with Gasteiger partial charge in [-0.2, -0.15) is 0 Å². The fourth-order valence-electron chi connectivity index (χ4n) is 1.35. The second kappa shape index (κ2) is 5.50. The van der Waals surface area contributed by atoms with Gasteiger partial charge in [0.05, 0.1) is 5.75 Å². The van der Waals surface area contributed by atoms with Gasteiger partial charge in [0.15, 0.2) is 0 Å². The van der Waals surface area contributed by atoms with Crippen LogP contribution in [0.25, 0.3) is 0 Å². The summed E-state index contributed by atoms with van der Waals surface area (Å²) in [5.74, 6) is 0.199. The minimum atomic E-state index is -2.86. The molecule has 0 aromatic carbocycles. The summed E-state index contributed by atoms with van der Waals surface area (Å²) in [6.07, 6.45) is 1.26. The normalized spacial score (nSPS) is 12.9. The topological polar surface area (TPSA) is 46.2 Å². The van der Waals surface area contributed by atoms with Crippen LogP contribution in [0, 0.1) is 0 Å². The van der Waals surface area contributed by atoms with Crippen LogP contribution in [0.3, 0.4) is 0 Å². The first kappa shape index (κ1) is 14.7. The highest BCUT2D eigenvalue weighted by Crippen LogP contribution is 2.29. The van der Waals surface area contributed by atoms with Gasteiger partial charge in [0.25, 0.3) is 0 Å². The van der Waals surface area contributed by atoms with Crippen LogP contribution in [-0.4, -0.2) is 27.0 Å². The van der Waals surface area contributed by atoms with Crippen molar-refractivity contribution in [1.82, 2.24) is 5.32 Å². The maximum atomic E-state index is 10.9. The molecule has 1 N–H and O–H groups in total. The lowest BCUT2D eigenvalue weighted by molar-refractivity contribution is 0.596. The quantitative estimate of drug-likeness (QED) is 0.838. The molecule has 0 saturated carbocycles. The molecule has 0 spiro atoms. The Kier molecular flexibility index (Phi) is 4.75. The third kappa shape index (κ3) is 5.66. The predicted octanol–water partition coefficient (Wildman–Crippen LogP) is 2.18. The molecule has 0 amide bonds. The lowest BCUT2D eigenvalue weighted by Crippen LogP contribution is -2.21. The number of sulfone groups is 1. The molecule has 0 radical (unpaired) electrons. The Morgan fingerprint density at radius 2 is 1.94 bits per heavy atom. The highest BCUT2D eigenvalue weighted by Gasteiger charge is 2.15. The summed E-state index contributed by atoms with van der Waals surface area (Å²) in [6.45, 7) is 7.84. The summed E-state index contributed by atoms with van der Waals surface area (Å²) in [6, 6.07) is 4.26. The molecule has 1 heterocycles. The molecule has 17 heavy (non-hydrogen) atoms. The van der Waals surface area contributed by atoms with Crippen molar-refractivity contribution >= 4 is 21.2 Å². The van der Waals surface area contributed by atoms with E-state index in [1.807, 2.05) is 0 Å². The zero-order valence-corrected chi connectivity index (χ0v) is 12.5. The lowest BCUT2D eigenvalue weighted by atomic mass is 9.95. The van der Waals surface area contributed by atoms with E-state index in [1.54, 1.807) is 11.3 Å². The second-order valence-corrected chi connectivity index (χ2v) is 8.75. The third-order valence-corrected chi connectivity index (χ3v) is 4.81. The monoisotopic (exact) mass is 275 g/mol. The van der Waals surface area contributed by atoms with Gasteiger partial charge >= 0.3 is 0 Å². The van der Waals surface area contributed by atoms with Crippen molar-refractivity contribution in [3.8, 4) is 0 Å². The smallest absolute Gasteiger partial charge is 0.148 e. The van der Waals surface area contributed by atoms with Gasteiger partial charge in [0, 0.05) is 29.1 Å². The molecule has 98 valence electrons. The Hall–Kier alpha value is -0.390. The van der Waals surface area contributed by atoms with Crippen LogP contribution >= 0.6 is 11.3 Å². The predicted molar refractivity (Wildman–Crippen MR) is 74.4 cm³/mol. The van der Waals surface area contributed by atoms with Gasteiger partial charge in [-0.05, 0) is 17.5 Å². The third-order valence-electron chi connectivity index (χ3n) is 2.35. The average molecular weight is 275 g/mol. The molecule has 0 aliphatic carbocycles. The van der Waals surface area contributed by atoms with E-state index < -0.39 is 9.84 Å². The van der Waals surface area contributed by atoms with Gasteiger partial charge in [0.2, 0.25) is 0 Å². The summed E-state index contributed by atoms with van der Waals surface area (Å²) in [5, 5.41) is 3.15. The van der Waals surface area contributed by atoms with Crippen LogP contribution in [0.4, 0.5) is 0 Å². The van der Waals surface area contributed by atoms with Crippen molar-refractivity contribution in [3.63, 3.8) is 0 Å². The average Bonchev–Trinajstić information content (AvgIpc) is 2.58. The minimum Gasteiger partial charge on any atom is -0.311 e. The summed E-state index contributed by atoms with van der Waals surface area (Å²) in [5.41, 5.74) is 0.190. The molecule has 3 nitrogen and oxygen atoms in total. The van der Waals surface area contributed by atoms with Crippen LogP contribution in [0.1, 0.15) is 30.5 Å². The fourth-order valence-corrected chi connectivity index (χ4v) is 2.90. The summed E-state index contributed by atoms with van der Waals surface area (Å²) in [4.78, 5) is 2.61. The Balaban J connectivity index is 2.41. The van der Waals surface area contributed by atoms with E-state index in [-0.39, 0.29) is 11.2 Å². The molecule has 0 bridgehead atoms. The molecule has 0 unspecified atom stereocenters. The van der Waals surface area contributed by atoms with Gasteiger partial charge in [-0.15, -0.1) is 11.3 Å². The first-order valence-corrected chi connectivity index (χ1v) is 8.54. The van der Waals surface area contributed by atoms with Crippen molar-refractivity contribution in [3.05, 3.63) is 21.9 Å². The van der Waals surface area contributed by atoms with E-state index in [4.69, 9.17) is 0 Å². The van der Waals surface area contributed by atoms with E-state index in [0.29, 0.717) is 6.54 Å². The lowest BCUT2D eigenvalue weighted by Gasteiger charge is -2.15. The van der Waals surface area contributed by atoms with Crippen LogP contribution in [0.5, 0.6) is 0 Å². The Morgan fingerprint density at radius 1 is 1.29 bits per heavy atom. The van der Waals surface area contributed by atoms with Gasteiger partial charge < -0.3 is 5.32 Å². The largest absolute Gasteiger partial charge is 0.311 e. The molecule has 0 saturated heterocycles. The van der Waals surface area contributed by atoms with Crippen molar-refractivity contribution in [2.75, 3.05) is 18.6 Å². The van der Waals surface area contributed by atoms with Crippen molar-refractivity contribution in [1.29, 1.82) is 0 Å². The number of nitrogens with one attached hydrogen (secondary N) is 1. The molecule has 0 aliphatic rings. The van der Waals surface area contributed by atoms with Crippen LogP contribution in [0.15, 0.2) is 12.1 Å². The Bertz CT molecular complexity index is 455. The fraction of sp³-hybridized carbons (Fsp3) is 0.667. The standard InChI is InChI=1S/C12H21NO2S2/c1-12(2,3)11-6-5-10(16-11)9-13-7-8-17(4,14)15/h5-6,13H,7-9H2,1-4H3. The number of hydrogen-bond acceptors (Lipinski definition) is 4. The number of hydrogen-bond donors (Lipinski definition) is 1. The van der Waals surface area contributed by atoms with E-state index in [2.05, 4.69) is 38.2 Å². The maximum Gasteiger partial charge on any atom is 0.148 e. The zero-order chi connectivity index (χ0) is 13.1. The van der Waals surface area contributed by atoms with Gasteiger partial charge in [-0.1, -0.05) is 20.8 Å². The van der Waals surface area contributed by atoms with Crippen molar-refractivity contribution < 1.29 is 8.42 Å². The molecule has 5 heteroatoms. The van der Waals surface area contributed by atoms with Crippen LogP contribution in [-0.2, 0) is 21.8 Å². The van der Waals surface area contributed by atoms with Crippen molar-refractivity contribution in [2.24, 2.45) is 0 Å². The van der Waals surface area contributed by atoms with Crippen LogP contribution in [0.2, 0.25) is 0 Å². The van der Waals surface area contributed by atoms with Gasteiger partial charge in [-0.3, -0.25) is 0 Å². The van der Waals surface area contributed by atoms with Gasteiger partial charge in [-0.25, -0.2) is 8.42 Å². The molecular formula is C12H21NO2S2. The molecule has 1 rings (SSSR count). The molecule has 1 aromatic heterocycles. The zero-order valence-electron chi connectivity index (χ0n) is 10.9. The number of rotatable bonds is 5. The van der Waals surface area contributed by atoms with Crippen LogP contribution < -0.4 is 5.32 Å². The first-order chi connectivity index (χ1) is 7.68. The SMILES string of the molecule is CC(C)(C)c1ccc(CNCCS(C)(=O)=O)s1. The summed E-state index contributed by atoms with van der Waals surface area (Å²) in [7, 11) is -2.86. The molecule has 1 aromatic rings. The van der Waals surface area contributed by atoms with E-state index in [1.165, 1.54) is 16.0 Å². The van der Waals surface area contributed by atoms with E-state index in [9.17, 15) is 8.42 Å². The molecule has 0 aliphatic heterocycles. The molecule has 0 atom stereocenters. The van der Waals surface area contributed by atoms with E-state index in [0.717, 1.165) is 6.54 Å². The summed E-state index contributed by atoms with van der Waals surface area (Å²) < 4.78 is 21.9. The summed E-state index contributed by atoms with van der Waals surface area (Å²) >= 11 is 1.79. The second-order valence-electron chi connectivity index (χ2n) is 5.32. The van der Waals surface area contributed by atoms with Gasteiger partial charge in [0.1, 0.15) is 9.84 Å². The number of thiophene rings is 1. The maximum absolute atomic E-state index is 10.9. The van der Waals surface area contributed by atoms with E-state index >= 15 is 0 Å². The molecular weight excluding hydrogens is 254 g/mol. The Morgan fingerprint density at radius 3 is 2.41 bits per heavy atom. The minimum absolute atomic E-state index is 0.190. The van der Waals surface area contributed by atoms with Crippen molar-refractivity contribution in [2.45, 2.75) is 32.7 Å². The highest BCUT2D eigenvalue weighted by molar-refractivity contribution is 7.90.